The van der Waals surface area contributed by atoms with E-state index >= 15 is 0 Å². The summed E-state index contributed by atoms with van der Waals surface area (Å²) in [5, 5.41) is 12.1. The first-order valence-corrected chi connectivity index (χ1v) is 5.60. The molecule has 0 aliphatic heterocycles. The molecule has 0 amide bonds. The fourth-order valence-corrected chi connectivity index (χ4v) is 1.57. The second-order valence-corrected chi connectivity index (χ2v) is 4.19. The number of pyridine rings is 1. The van der Waals surface area contributed by atoms with Gasteiger partial charge in [0.1, 0.15) is 5.82 Å². The summed E-state index contributed by atoms with van der Waals surface area (Å²) in [6.45, 7) is 3.88. The Kier molecular flexibility index (Phi) is 3.16. The van der Waals surface area contributed by atoms with Crippen molar-refractivity contribution in [3.05, 3.63) is 47.2 Å². The van der Waals surface area contributed by atoms with Crippen LogP contribution in [0, 0.1) is 25.2 Å². The van der Waals surface area contributed by atoms with Gasteiger partial charge >= 0.3 is 0 Å². The average Bonchev–Trinajstić information content (AvgIpc) is 2.36. The van der Waals surface area contributed by atoms with Gasteiger partial charge in [-0.25, -0.2) is 4.98 Å². The van der Waals surface area contributed by atoms with E-state index in [1.807, 2.05) is 19.9 Å². The van der Waals surface area contributed by atoms with Crippen LogP contribution in [0.25, 0.3) is 0 Å². The average molecular weight is 238 g/mol. The quantitative estimate of drug-likeness (QED) is 0.843. The predicted molar refractivity (Wildman–Crippen MR) is 72.6 cm³/mol. The van der Waals surface area contributed by atoms with Crippen molar-refractivity contribution >= 4 is 17.2 Å². The number of nitriles is 1. The molecule has 0 bridgehead atoms. The standard InChI is InChI=1S/C14H14N4/c1-9-3-4-11(7-15)5-13(9)18-14-6-12(16)10(2)8-17-14/h3-6,8H,1-2H3,(H3,16,17,18). The number of aryl methyl sites for hydroxylation is 2. The molecule has 1 aromatic carbocycles. The van der Waals surface area contributed by atoms with Gasteiger partial charge in [-0.05, 0) is 37.1 Å². The molecule has 0 saturated heterocycles. The molecule has 2 aromatic rings. The Bertz CT molecular complexity index is 626. The fraction of sp³-hybridized carbons (Fsp3) is 0.143. The number of nitrogens with two attached hydrogens (primary N) is 1. The highest BCUT2D eigenvalue weighted by Crippen LogP contribution is 2.22. The summed E-state index contributed by atoms with van der Waals surface area (Å²) < 4.78 is 0. The molecule has 0 atom stereocenters. The van der Waals surface area contributed by atoms with Crippen LogP contribution in [-0.4, -0.2) is 4.98 Å². The van der Waals surface area contributed by atoms with Crippen molar-refractivity contribution in [2.24, 2.45) is 0 Å². The van der Waals surface area contributed by atoms with E-state index in [1.165, 1.54) is 0 Å². The third-order valence-corrected chi connectivity index (χ3v) is 2.77. The van der Waals surface area contributed by atoms with Crippen LogP contribution < -0.4 is 11.1 Å². The topological polar surface area (TPSA) is 74.7 Å². The van der Waals surface area contributed by atoms with Gasteiger partial charge in [-0.2, -0.15) is 5.26 Å². The van der Waals surface area contributed by atoms with Crippen molar-refractivity contribution in [3.8, 4) is 6.07 Å². The minimum atomic E-state index is 0.614. The zero-order valence-corrected chi connectivity index (χ0v) is 10.4. The molecule has 4 nitrogen and oxygen atoms in total. The van der Waals surface area contributed by atoms with Crippen molar-refractivity contribution in [2.75, 3.05) is 11.1 Å². The number of aromatic nitrogens is 1. The Morgan fingerprint density at radius 1 is 1.22 bits per heavy atom. The highest BCUT2D eigenvalue weighted by Gasteiger charge is 2.03. The van der Waals surface area contributed by atoms with Crippen molar-refractivity contribution in [3.63, 3.8) is 0 Å². The number of nitrogen functional groups attached to an aromatic ring is 1. The van der Waals surface area contributed by atoms with Crippen LogP contribution in [0.3, 0.4) is 0 Å². The van der Waals surface area contributed by atoms with Crippen LogP contribution in [0.1, 0.15) is 16.7 Å². The first-order chi connectivity index (χ1) is 8.60. The smallest absolute Gasteiger partial charge is 0.132 e. The fourth-order valence-electron chi connectivity index (χ4n) is 1.57. The van der Waals surface area contributed by atoms with E-state index in [4.69, 9.17) is 11.0 Å². The van der Waals surface area contributed by atoms with Gasteiger partial charge in [-0.15, -0.1) is 0 Å². The molecule has 1 heterocycles. The van der Waals surface area contributed by atoms with Gasteiger partial charge < -0.3 is 11.1 Å². The zero-order valence-electron chi connectivity index (χ0n) is 10.4. The van der Waals surface area contributed by atoms with Gasteiger partial charge in [0.2, 0.25) is 0 Å². The molecule has 0 unspecified atom stereocenters. The van der Waals surface area contributed by atoms with Gasteiger partial charge in [-0.3, -0.25) is 0 Å². The maximum atomic E-state index is 8.89. The minimum Gasteiger partial charge on any atom is -0.398 e. The summed E-state index contributed by atoms with van der Waals surface area (Å²) in [6.07, 6.45) is 1.72. The van der Waals surface area contributed by atoms with E-state index in [2.05, 4.69) is 16.4 Å². The van der Waals surface area contributed by atoms with Gasteiger partial charge in [-0.1, -0.05) is 6.07 Å². The monoisotopic (exact) mass is 238 g/mol. The van der Waals surface area contributed by atoms with Crippen molar-refractivity contribution in [1.82, 2.24) is 4.98 Å². The molecule has 0 aliphatic rings. The van der Waals surface area contributed by atoms with E-state index in [1.54, 1.807) is 24.4 Å². The van der Waals surface area contributed by atoms with Crippen LogP contribution >= 0.6 is 0 Å². The lowest BCUT2D eigenvalue weighted by atomic mass is 10.1. The van der Waals surface area contributed by atoms with Crippen molar-refractivity contribution < 1.29 is 0 Å². The SMILES string of the molecule is Cc1cnc(Nc2cc(C#N)ccc2C)cc1N. The summed E-state index contributed by atoms with van der Waals surface area (Å²) >= 11 is 0. The Balaban J connectivity index is 2.33. The lowest BCUT2D eigenvalue weighted by molar-refractivity contribution is 1.25. The summed E-state index contributed by atoms with van der Waals surface area (Å²) in [5.41, 5.74) is 10.0. The molecule has 0 fully saturated rings. The molecular weight excluding hydrogens is 224 g/mol. The van der Waals surface area contributed by atoms with E-state index < -0.39 is 0 Å². The van der Waals surface area contributed by atoms with Gasteiger partial charge in [0.15, 0.2) is 0 Å². The number of nitrogens with one attached hydrogen (secondary N) is 1. The first-order valence-electron chi connectivity index (χ1n) is 5.60. The predicted octanol–water partition coefficient (Wildman–Crippen LogP) is 2.90. The van der Waals surface area contributed by atoms with Gasteiger partial charge in [0.05, 0.1) is 11.6 Å². The first kappa shape index (κ1) is 11.9. The molecule has 1 aromatic heterocycles. The molecule has 0 spiro atoms. The van der Waals surface area contributed by atoms with Crippen LogP contribution in [-0.2, 0) is 0 Å². The van der Waals surface area contributed by atoms with Crippen LogP contribution in [0.2, 0.25) is 0 Å². The molecule has 0 aliphatic carbocycles. The van der Waals surface area contributed by atoms with Gasteiger partial charge in [0, 0.05) is 23.6 Å². The molecule has 4 heteroatoms. The number of nitrogens with zero attached hydrogens (tertiary/aromatic N) is 2. The number of hydrogen-bond acceptors (Lipinski definition) is 4. The summed E-state index contributed by atoms with van der Waals surface area (Å²) in [7, 11) is 0. The minimum absolute atomic E-state index is 0.614. The van der Waals surface area contributed by atoms with Crippen LogP contribution in [0.5, 0.6) is 0 Å². The normalized spacial score (nSPS) is 9.83. The number of rotatable bonds is 2. The molecule has 0 saturated carbocycles. The number of hydrogen-bond donors (Lipinski definition) is 2. The molecule has 2 rings (SSSR count). The molecule has 0 radical (unpaired) electrons. The van der Waals surface area contributed by atoms with E-state index in [-0.39, 0.29) is 0 Å². The lowest BCUT2D eigenvalue weighted by Crippen LogP contribution is -1.99. The van der Waals surface area contributed by atoms with Crippen molar-refractivity contribution in [1.29, 1.82) is 5.26 Å². The third kappa shape index (κ3) is 2.41. The number of anilines is 3. The maximum absolute atomic E-state index is 8.89. The molecule has 18 heavy (non-hydrogen) atoms. The maximum Gasteiger partial charge on any atom is 0.132 e. The summed E-state index contributed by atoms with van der Waals surface area (Å²) in [5.74, 6) is 0.677. The number of benzene rings is 1. The van der Waals surface area contributed by atoms with E-state index in [0.717, 1.165) is 16.8 Å². The van der Waals surface area contributed by atoms with E-state index in [0.29, 0.717) is 17.1 Å². The molecular formula is C14H14N4. The van der Waals surface area contributed by atoms with Crippen LogP contribution in [0.4, 0.5) is 17.2 Å². The summed E-state index contributed by atoms with van der Waals surface area (Å²) in [4.78, 5) is 4.26. The molecule has 3 N–H and O–H groups in total. The Hall–Kier alpha value is -2.54. The Labute approximate surface area is 106 Å². The highest BCUT2D eigenvalue weighted by atomic mass is 15.0. The Morgan fingerprint density at radius 2 is 2.00 bits per heavy atom. The van der Waals surface area contributed by atoms with E-state index in [9.17, 15) is 0 Å². The second kappa shape index (κ2) is 4.76. The second-order valence-electron chi connectivity index (χ2n) is 4.19. The highest BCUT2D eigenvalue weighted by molar-refractivity contribution is 5.65. The lowest BCUT2D eigenvalue weighted by Gasteiger charge is -2.10. The third-order valence-electron chi connectivity index (χ3n) is 2.77. The largest absolute Gasteiger partial charge is 0.398 e. The summed E-state index contributed by atoms with van der Waals surface area (Å²) in [6, 6.07) is 9.39. The van der Waals surface area contributed by atoms with Crippen molar-refractivity contribution in [2.45, 2.75) is 13.8 Å². The molecule has 90 valence electrons. The van der Waals surface area contributed by atoms with Gasteiger partial charge in [0.25, 0.3) is 0 Å². The zero-order chi connectivity index (χ0) is 13.1. The Morgan fingerprint density at radius 3 is 2.67 bits per heavy atom. The van der Waals surface area contributed by atoms with Crippen LogP contribution in [0.15, 0.2) is 30.5 Å².